The Kier molecular flexibility index (Phi) is 7.40. The number of rotatable bonds is 4. The van der Waals surface area contributed by atoms with Crippen molar-refractivity contribution in [3.05, 3.63) is 59.5 Å². The maximum Gasteiger partial charge on any atom is 0.321 e. The molecular weight excluding hydrogens is 523 g/mol. The Balaban J connectivity index is 1.37. The van der Waals surface area contributed by atoms with Crippen molar-refractivity contribution in [2.24, 2.45) is 13.0 Å². The summed E-state index contributed by atoms with van der Waals surface area (Å²) in [6.45, 7) is 1.38. The predicted molar refractivity (Wildman–Crippen MR) is 155 cm³/mol. The van der Waals surface area contributed by atoms with Crippen LogP contribution in [0.5, 0.6) is 5.75 Å². The van der Waals surface area contributed by atoms with E-state index < -0.39 is 11.9 Å². The number of benzene rings is 2. The number of hydrogen-bond acceptors (Lipinski definition) is 4. The second-order valence-electron chi connectivity index (χ2n) is 11.9. The van der Waals surface area contributed by atoms with Crippen molar-refractivity contribution in [2.45, 2.75) is 56.4 Å². The van der Waals surface area contributed by atoms with Crippen LogP contribution in [0.4, 0.5) is 14.9 Å². The van der Waals surface area contributed by atoms with Gasteiger partial charge in [0.2, 0.25) is 5.91 Å². The molecule has 2 N–H and O–H groups in total. The molecule has 3 heterocycles. The third kappa shape index (κ3) is 4.84. The second kappa shape index (κ2) is 11.0. The van der Waals surface area contributed by atoms with Crippen molar-refractivity contribution in [1.82, 2.24) is 14.4 Å². The van der Waals surface area contributed by atoms with E-state index in [0.717, 1.165) is 48.0 Å². The molecule has 0 bridgehead atoms. The van der Waals surface area contributed by atoms with E-state index in [2.05, 4.69) is 16.0 Å². The maximum atomic E-state index is 14.1. The molecule has 3 aromatic rings. The molecule has 1 atom stereocenters. The summed E-state index contributed by atoms with van der Waals surface area (Å²) < 4.78 is 21.3. The molecule has 2 aromatic carbocycles. The number of likely N-dealkylation sites (tertiary alicyclic amines) is 1. The van der Waals surface area contributed by atoms with Crippen molar-refractivity contribution in [2.75, 3.05) is 38.7 Å². The molecule has 1 aliphatic carbocycles. The lowest BCUT2D eigenvalue weighted by molar-refractivity contribution is -0.143. The topological polar surface area (TPSA) is 87.0 Å². The van der Waals surface area contributed by atoms with E-state index in [4.69, 9.17) is 4.74 Å². The van der Waals surface area contributed by atoms with Gasteiger partial charge in [-0.1, -0.05) is 25.3 Å². The number of amides is 3. The van der Waals surface area contributed by atoms with E-state index in [1.54, 1.807) is 24.1 Å². The van der Waals surface area contributed by atoms with Gasteiger partial charge in [0.1, 0.15) is 11.6 Å². The first-order chi connectivity index (χ1) is 19.8. The lowest BCUT2D eigenvalue weighted by atomic mass is 9.68. The Hall–Kier alpha value is -3.59. The van der Waals surface area contributed by atoms with E-state index in [1.165, 1.54) is 24.1 Å². The van der Waals surface area contributed by atoms with Crippen LogP contribution in [0, 0.1) is 11.7 Å². The maximum absolute atomic E-state index is 14.1. The van der Waals surface area contributed by atoms with Crippen LogP contribution in [0.25, 0.3) is 10.9 Å². The number of halogens is 1. The van der Waals surface area contributed by atoms with Gasteiger partial charge in [-0.3, -0.25) is 4.79 Å². The molecule has 2 fully saturated rings. The van der Waals surface area contributed by atoms with Crippen molar-refractivity contribution in [1.29, 1.82) is 0 Å². The largest absolute Gasteiger partial charge is 0.497 e. The molecule has 3 amide bonds. The molecule has 9 heteroatoms. The molecule has 1 aromatic heterocycles. The Labute approximate surface area is 240 Å². The number of aryl methyl sites for hydroxylation is 1. The van der Waals surface area contributed by atoms with Gasteiger partial charge in [-0.15, -0.1) is 0 Å². The number of fused-ring (bicyclic) bond motifs is 4. The SMILES string of the molecule is COc1ccc2c3c(n(C)c2c1)[C@@H](CO)N(C(=O)C1CCCCC1)CC31CCN(C(=O)Nc2cccc(F)c2)CC1. The van der Waals surface area contributed by atoms with Gasteiger partial charge in [-0.05, 0) is 61.6 Å². The highest BCUT2D eigenvalue weighted by Gasteiger charge is 2.50. The van der Waals surface area contributed by atoms with Gasteiger partial charge in [0.25, 0.3) is 0 Å². The zero-order valence-corrected chi connectivity index (χ0v) is 23.9. The highest BCUT2D eigenvalue weighted by molar-refractivity contribution is 5.91. The molecule has 0 radical (unpaired) electrons. The van der Waals surface area contributed by atoms with E-state index >= 15 is 0 Å². The van der Waals surface area contributed by atoms with Crippen LogP contribution in [0.1, 0.15) is 62.2 Å². The molecule has 0 unspecified atom stereocenters. The number of hydrogen-bond donors (Lipinski definition) is 2. The normalized spacial score (nSPS) is 20.7. The predicted octanol–water partition coefficient (Wildman–Crippen LogP) is 5.35. The first-order valence-corrected chi connectivity index (χ1v) is 14.7. The van der Waals surface area contributed by atoms with Crippen molar-refractivity contribution in [3.8, 4) is 5.75 Å². The van der Waals surface area contributed by atoms with Gasteiger partial charge in [-0.25, -0.2) is 9.18 Å². The molecule has 1 spiro atoms. The van der Waals surface area contributed by atoms with Crippen LogP contribution < -0.4 is 10.1 Å². The number of nitrogens with one attached hydrogen (secondary N) is 1. The summed E-state index contributed by atoms with van der Waals surface area (Å²) in [7, 11) is 3.66. The van der Waals surface area contributed by atoms with E-state index in [0.29, 0.717) is 38.2 Å². The van der Waals surface area contributed by atoms with Crippen LogP contribution >= 0.6 is 0 Å². The number of aliphatic hydroxyl groups excluding tert-OH is 1. The Morgan fingerprint density at radius 3 is 2.54 bits per heavy atom. The Morgan fingerprint density at radius 1 is 1.10 bits per heavy atom. The number of carbonyl (C=O) groups is 2. The number of carbonyl (C=O) groups excluding carboxylic acids is 2. The van der Waals surface area contributed by atoms with Crippen LogP contribution in [-0.4, -0.2) is 64.8 Å². The number of ether oxygens (including phenoxy) is 1. The average molecular weight is 563 g/mol. The second-order valence-corrected chi connectivity index (χ2v) is 11.9. The summed E-state index contributed by atoms with van der Waals surface area (Å²) in [6, 6.07) is 11.3. The summed E-state index contributed by atoms with van der Waals surface area (Å²) in [5.74, 6) is 0.485. The fourth-order valence-corrected chi connectivity index (χ4v) is 7.49. The van der Waals surface area contributed by atoms with Gasteiger partial charge in [0, 0.05) is 60.8 Å². The molecule has 1 saturated heterocycles. The summed E-state index contributed by atoms with van der Waals surface area (Å²) >= 11 is 0. The molecule has 8 nitrogen and oxygen atoms in total. The zero-order chi connectivity index (χ0) is 28.7. The lowest BCUT2D eigenvalue weighted by Crippen LogP contribution is -2.57. The summed E-state index contributed by atoms with van der Waals surface area (Å²) in [6.07, 6.45) is 6.44. The van der Waals surface area contributed by atoms with Crippen LogP contribution in [0.3, 0.4) is 0 Å². The summed E-state index contributed by atoms with van der Waals surface area (Å²) in [4.78, 5) is 30.9. The summed E-state index contributed by atoms with van der Waals surface area (Å²) in [5.41, 5.74) is 3.21. The van der Waals surface area contributed by atoms with Gasteiger partial charge in [0.15, 0.2) is 0 Å². The number of anilines is 1. The highest BCUT2D eigenvalue weighted by atomic mass is 19.1. The standard InChI is InChI=1S/C32H39FN4O4/c1-35-26-18-24(41-2)11-12-25(26)28-29(35)27(19-38)37(30(39)21-7-4-3-5-8-21)20-32(28)13-15-36(16-14-32)31(40)34-23-10-6-9-22(33)17-23/h6,9-12,17-18,21,27,38H,3-5,7-8,13-16,19-20H2,1-2H3,(H,34,40)/t27-/m1/s1. The first-order valence-electron chi connectivity index (χ1n) is 14.7. The minimum Gasteiger partial charge on any atom is -0.497 e. The van der Waals surface area contributed by atoms with Crippen molar-refractivity contribution < 1.29 is 23.8 Å². The lowest BCUT2D eigenvalue weighted by Gasteiger charge is -2.51. The van der Waals surface area contributed by atoms with Gasteiger partial charge in [0.05, 0.1) is 25.3 Å². The number of aliphatic hydroxyl groups is 1. The van der Waals surface area contributed by atoms with Crippen LogP contribution in [-0.2, 0) is 17.3 Å². The fourth-order valence-electron chi connectivity index (χ4n) is 7.49. The molecule has 1 saturated carbocycles. The molecular formula is C32H39FN4O4. The van der Waals surface area contributed by atoms with Gasteiger partial charge in [-0.2, -0.15) is 0 Å². The zero-order valence-electron chi connectivity index (χ0n) is 23.9. The monoisotopic (exact) mass is 562 g/mol. The van der Waals surface area contributed by atoms with Crippen molar-refractivity contribution >= 4 is 28.5 Å². The minimum atomic E-state index is -0.428. The smallest absolute Gasteiger partial charge is 0.321 e. The molecule has 2 aliphatic heterocycles. The quantitative estimate of drug-likeness (QED) is 0.449. The molecule has 218 valence electrons. The average Bonchev–Trinajstić information content (AvgIpc) is 3.30. The third-order valence-electron chi connectivity index (χ3n) is 9.64. The molecule has 3 aliphatic rings. The molecule has 41 heavy (non-hydrogen) atoms. The molecule has 6 rings (SSSR count). The van der Waals surface area contributed by atoms with Gasteiger partial charge < -0.3 is 29.5 Å². The number of urea groups is 1. The van der Waals surface area contributed by atoms with E-state index in [-0.39, 0.29) is 29.9 Å². The van der Waals surface area contributed by atoms with Gasteiger partial charge >= 0.3 is 6.03 Å². The highest BCUT2D eigenvalue weighted by Crippen LogP contribution is 2.50. The van der Waals surface area contributed by atoms with E-state index in [1.807, 2.05) is 24.1 Å². The number of nitrogens with zero attached hydrogens (tertiary/aromatic N) is 3. The van der Waals surface area contributed by atoms with Crippen LogP contribution in [0.2, 0.25) is 0 Å². The third-order valence-corrected chi connectivity index (χ3v) is 9.64. The first kappa shape index (κ1) is 27.6. The Bertz CT molecular complexity index is 1460. The van der Waals surface area contributed by atoms with E-state index in [9.17, 15) is 19.1 Å². The summed E-state index contributed by atoms with van der Waals surface area (Å²) in [5, 5.41) is 14.7. The number of aromatic nitrogens is 1. The Morgan fingerprint density at radius 2 is 1.85 bits per heavy atom. The van der Waals surface area contributed by atoms with Crippen molar-refractivity contribution in [3.63, 3.8) is 0 Å². The number of piperidine rings is 1. The fraction of sp³-hybridized carbons (Fsp3) is 0.500. The minimum absolute atomic E-state index is 0.0108. The number of methoxy groups -OCH3 is 1. The van der Waals surface area contributed by atoms with Crippen LogP contribution in [0.15, 0.2) is 42.5 Å².